The van der Waals surface area contributed by atoms with Crippen molar-refractivity contribution in [2.75, 3.05) is 7.05 Å². The topological polar surface area (TPSA) is 21.3 Å². The molecule has 0 amide bonds. The Morgan fingerprint density at radius 3 is 2.52 bits per heavy atom. The van der Waals surface area contributed by atoms with Crippen molar-refractivity contribution in [3.05, 3.63) is 63.9 Å². The van der Waals surface area contributed by atoms with Gasteiger partial charge in [-0.1, -0.05) is 35.0 Å². The van der Waals surface area contributed by atoms with Crippen LogP contribution in [0.2, 0.25) is 0 Å². The fourth-order valence-electron chi connectivity index (χ4n) is 2.22. The quantitative estimate of drug-likeness (QED) is 0.803. The van der Waals surface area contributed by atoms with E-state index in [-0.39, 0.29) is 12.4 Å². The van der Waals surface area contributed by atoms with E-state index in [0.717, 1.165) is 16.6 Å². The second-order valence-corrected chi connectivity index (χ2v) is 5.76. The van der Waals surface area contributed by atoms with Crippen LogP contribution in [0.3, 0.4) is 0 Å². The summed E-state index contributed by atoms with van der Waals surface area (Å²) in [5, 5.41) is 3.26. The van der Waals surface area contributed by atoms with Gasteiger partial charge in [0.05, 0.1) is 0 Å². The zero-order chi connectivity index (χ0) is 15.2. The Labute approximate surface area is 133 Å². The summed E-state index contributed by atoms with van der Waals surface area (Å²) in [7, 11) is 1.95. The highest BCUT2D eigenvalue weighted by molar-refractivity contribution is 9.10. The molecule has 2 nitrogen and oxygen atoms in total. The van der Waals surface area contributed by atoms with Gasteiger partial charge in [-0.25, -0.2) is 4.39 Å². The number of halogens is 2. The molecule has 0 aliphatic rings. The summed E-state index contributed by atoms with van der Waals surface area (Å²) < 4.78 is 20.1. The first-order chi connectivity index (χ1) is 10.1. The van der Waals surface area contributed by atoms with Crippen molar-refractivity contribution >= 4 is 15.9 Å². The maximum absolute atomic E-state index is 13.6. The molecule has 112 valence electrons. The fourth-order valence-corrected chi connectivity index (χ4v) is 2.63. The van der Waals surface area contributed by atoms with Crippen LogP contribution < -0.4 is 10.1 Å². The van der Waals surface area contributed by atoms with Gasteiger partial charge in [0, 0.05) is 16.1 Å². The van der Waals surface area contributed by atoms with Crippen LogP contribution in [-0.2, 0) is 6.61 Å². The number of ether oxygens (including phenoxy) is 1. The van der Waals surface area contributed by atoms with E-state index < -0.39 is 0 Å². The van der Waals surface area contributed by atoms with Gasteiger partial charge in [-0.2, -0.15) is 0 Å². The summed E-state index contributed by atoms with van der Waals surface area (Å²) in [6.07, 6.45) is 1.03. The molecule has 1 unspecified atom stereocenters. The van der Waals surface area contributed by atoms with E-state index in [1.54, 1.807) is 12.1 Å². The fraction of sp³-hybridized carbons (Fsp3) is 0.294. The molecule has 2 aromatic carbocycles. The number of rotatable bonds is 6. The monoisotopic (exact) mass is 351 g/mol. The third-order valence-electron chi connectivity index (χ3n) is 3.44. The lowest BCUT2D eigenvalue weighted by molar-refractivity contribution is 0.299. The Morgan fingerprint density at radius 2 is 1.90 bits per heavy atom. The first-order valence-electron chi connectivity index (χ1n) is 6.98. The number of nitrogens with one attached hydrogen (secondary N) is 1. The lowest BCUT2D eigenvalue weighted by atomic mass is 10.0. The second-order valence-electron chi connectivity index (χ2n) is 4.84. The molecule has 2 aromatic rings. The predicted molar refractivity (Wildman–Crippen MR) is 87.0 cm³/mol. The van der Waals surface area contributed by atoms with E-state index in [9.17, 15) is 4.39 Å². The molecule has 0 bridgehead atoms. The van der Waals surface area contributed by atoms with Crippen molar-refractivity contribution in [1.29, 1.82) is 0 Å². The minimum Gasteiger partial charge on any atom is -0.489 e. The standard InChI is InChI=1S/C17H19BrFNO/c1-3-17(20-2)12-4-7-15(8-5-12)21-11-13-10-14(18)6-9-16(13)19/h4-10,17,20H,3,11H2,1-2H3. The molecule has 0 saturated heterocycles. The average molecular weight is 352 g/mol. The van der Waals surface area contributed by atoms with Crippen molar-refractivity contribution in [3.63, 3.8) is 0 Å². The minimum absolute atomic E-state index is 0.216. The van der Waals surface area contributed by atoms with Crippen LogP contribution in [0.15, 0.2) is 46.9 Å². The van der Waals surface area contributed by atoms with Gasteiger partial charge in [-0.15, -0.1) is 0 Å². The molecule has 0 aromatic heterocycles. The lowest BCUT2D eigenvalue weighted by Gasteiger charge is -2.15. The maximum atomic E-state index is 13.6. The normalized spacial score (nSPS) is 12.2. The molecule has 0 spiro atoms. The van der Waals surface area contributed by atoms with Crippen LogP contribution in [0.25, 0.3) is 0 Å². The number of benzene rings is 2. The first kappa shape index (κ1) is 16.0. The third kappa shape index (κ3) is 4.29. The van der Waals surface area contributed by atoms with E-state index in [4.69, 9.17) is 4.74 Å². The molecule has 0 heterocycles. The van der Waals surface area contributed by atoms with Gasteiger partial charge in [0.2, 0.25) is 0 Å². The molecule has 0 saturated carbocycles. The highest BCUT2D eigenvalue weighted by Crippen LogP contribution is 2.22. The van der Waals surface area contributed by atoms with E-state index in [1.165, 1.54) is 11.6 Å². The highest BCUT2D eigenvalue weighted by Gasteiger charge is 2.07. The van der Waals surface area contributed by atoms with E-state index in [0.29, 0.717) is 11.6 Å². The molecular formula is C17H19BrFNO. The van der Waals surface area contributed by atoms with E-state index in [2.05, 4.69) is 28.2 Å². The SMILES string of the molecule is CCC(NC)c1ccc(OCc2cc(Br)ccc2F)cc1. The Kier molecular flexibility index (Phi) is 5.76. The molecule has 2 rings (SSSR count). The van der Waals surface area contributed by atoms with Gasteiger partial charge in [-0.3, -0.25) is 0 Å². The first-order valence-corrected chi connectivity index (χ1v) is 7.77. The zero-order valence-electron chi connectivity index (χ0n) is 12.2. The van der Waals surface area contributed by atoms with Crippen molar-refractivity contribution in [1.82, 2.24) is 5.32 Å². The molecule has 0 aliphatic carbocycles. The molecule has 1 N–H and O–H groups in total. The molecule has 0 aliphatic heterocycles. The van der Waals surface area contributed by atoms with Gasteiger partial charge < -0.3 is 10.1 Å². The molecule has 0 fully saturated rings. The van der Waals surface area contributed by atoms with Crippen molar-refractivity contribution in [2.45, 2.75) is 26.0 Å². The zero-order valence-corrected chi connectivity index (χ0v) is 13.8. The largest absolute Gasteiger partial charge is 0.489 e. The number of hydrogen-bond donors (Lipinski definition) is 1. The second kappa shape index (κ2) is 7.57. The molecule has 0 radical (unpaired) electrons. The highest BCUT2D eigenvalue weighted by atomic mass is 79.9. The third-order valence-corrected chi connectivity index (χ3v) is 3.93. The Morgan fingerprint density at radius 1 is 1.19 bits per heavy atom. The predicted octanol–water partition coefficient (Wildman–Crippen LogP) is 4.84. The van der Waals surface area contributed by atoms with Crippen LogP contribution in [0.5, 0.6) is 5.75 Å². The molecular weight excluding hydrogens is 333 g/mol. The van der Waals surface area contributed by atoms with Gasteiger partial charge in [-0.05, 0) is 49.4 Å². The van der Waals surface area contributed by atoms with Crippen molar-refractivity contribution in [3.8, 4) is 5.75 Å². The Balaban J connectivity index is 2.02. The lowest BCUT2D eigenvalue weighted by Crippen LogP contribution is -2.14. The summed E-state index contributed by atoms with van der Waals surface area (Å²) in [5.41, 5.74) is 1.76. The molecule has 4 heteroatoms. The molecule has 1 atom stereocenters. The Bertz CT molecular complexity index is 582. The van der Waals surface area contributed by atoms with E-state index in [1.807, 2.05) is 31.3 Å². The summed E-state index contributed by atoms with van der Waals surface area (Å²) in [5.74, 6) is 0.486. The average Bonchev–Trinajstić information content (AvgIpc) is 2.51. The Hall–Kier alpha value is -1.39. The number of hydrogen-bond acceptors (Lipinski definition) is 2. The summed E-state index contributed by atoms with van der Waals surface area (Å²) in [6.45, 7) is 2.36. The van der Waals surface area contributed by atoms with Crippen LogP contribution in [-0.4, -0.2) is 7.05 Å². The van der Waals surface area contributed by atoms with Crippen LogP contribution in [0.1, 0.15) is 30.5 Å². The van der Waals surface area contributed by atoms with Crippen molar-refractivity contribution in [2.24, 2.45) is 0 Å². The molecule has 21 heavy (non-hydrogen) atoms. The van der Waals surface area contributed by atoms with Crippen LogP contribution >= 0.6 is 15.9 Å². The van der Waals surface area contributed by atoms with Gasteiger partial charge in [0.1, 0.15) is 18.2 Å². The van der Waals surface area contributed by atoms with Gasteiger partial charge in [0.25, 0.3) is 0 Å². The summed E-state index contributed by atoms with van der Waals surface area (Å²) >= 11 is 3.33. The minimum atomic E-state index is -0.254. The summed E-state index contributed by atoms with van der Waals surface area (Å²) in [4.78, 5) is 0. The van der Waals surface area contributed by atoms with Crippen LogP contribution in [0.4, 0.5) is 4.39 Å². The van der Waals surface area contributed by atoms with Crippen molar-refractivity contribution < 1.29 is 9.13 Å². The van der Waals surface area contributed by atoms with Crippen LogP contribution in [0, 0.1) is 5.82 Å². The van der Waals surface area contributed by atoms with E-state index >= 15 is 0 Å². The summed E-state index contributed by atoms with van der Waals surface area (Å²) in [6, 6.07) is 13.1. The maximum Gasteiger partial charge on any atom is 0.129 e. The van der Waals surface area contributed by atoms with Gasteiger partial charge in [0.15, 0.2) is 0 Å². The smallest absolute Gasteiger partial charge is 0.129 e. The van der Waals surface area contributed by atoms with Gasteiger partial charge >= 0.3 is 0 Å².